The fourth-order valence-electron chi connectivity index (χ4n) is 3.24. The van der Waals surface area contributed by atoms with Crippen LogP contribution in [-0.2, 0) is 6.42 Å². The number of halogens is 2. The highest BCUT2D eigenvalue weighted by Crippen LogP contribution is 2.20. The number of piperazine rings is 1. The van der Waals surface area contributed by atoms with Crippen molar-refractivity contribution >= 4 is 18.1 Å². The molecule has 1 saturated heterocycles. The summed E-state index contributed by atoms with van der Waals surface area (Å²) in [5, 5.41) is 10.3. The Morgan fingerprint density at radius 2 is 1.70 bits per heavy atom. The maximum atomic E-state index is 13.9. The zero-order valence-electron chi connectivity index (χ0n) is 15.7. The summed E-state index contributed by atoms with van der Waals surface area (Å²) in [6.07, 6.45) is 0.461. The molecule has 27 heavy (non-hydrogen) atoms. The summed E-state index contributed by atoms with van der Waals surface area (Å²) in [5.74, 6) is 0.606. The van der Waals surface area contributed by atoms with E-state index in [1.807, 2.05) is 36.4 Å². The van der Waals surface area contributed by atoms with E-state index < -0.39 is 6.10 Å². The van der Waals surface area contributed by atoms with Crippen molar-refractivity contribution in [2.45, 2.75) is 19.4 Å². The Hall–Kier alpha value is -1.82. The van der Waals surface area contributed by atoms with Crippen LogP contribution in [0.25, 0.3) is 0 Å². The fraction of sp³-hybridized carbons (Fsp3) is 0.429. The van der Waals surface area contributed by atoms with Crippen LogP contribution in [0.3, 0.4) is 0 Å². The number of benzene rings is 2. The summed E-state index contributed by atoms with van der Waals surface area (Å²) in [5.41, 5.74) is 1.93. The first-order valence-corrected chi connectivity index (χ1v) is 9.27. The molecule has 1 N–H and O–H groups in total. The number of ether oxygens (including phenoxy) is 1. The summed E-state index contributed by atoms with van der Waals surface area (Å²) in [7, 11) is 0. The van der Waals surface area contributed by atoms with Crippen LogP contribution >= 0.6 is 12.4 Å². The molecule has 4 nitrogen and oxygen atoms in total. The first-order chi connectivity index (χ1) is 12.7. The van der Waals surface area contributed by atoms with Gasteiger partial charge < -0.3 is 14.7 Å². The average Bonchev–Trinajstić information content (AvgIpc) is 2.68. The van der Waals surface area contributed by atoms with Gasteiger partial charge in [-0.1, -0.05) is 31.2 Å². The third kappa shape index (κ3) is 6.09. The van der Waals surface area contributed by atoms with Crippen LogP contribution in [0.15, 0.2) is 48.5 Å². The molecule has 3 rings (SSSR count). The van der Waals surface area contributed by atoms with Gasteiger partial charge in [-0.3, -0.25) is 4.90 Å². The van der Waals surface area contributed by atoms with Crippen LogP contribution in [0.5, 0.6) is 5.75 Å². The SMILES string of the molecule is CCc1ccc(OCC(O)CN2CCN(c3ccccc3F)CC2)cc1.Cl. The van der Waals surface area contributed by atoms with E-state index in [9.17, 15) is 9.50 Å². The number of para-hydroxylation sites is 1. The molecule has 0 aliphatic carbocycles. The van der Waals surface area contributed by atoms with E-state index in [0.717, 1.165) is 38.3 Å². The monoisotopic (exact) mass is 394 g/mol. The molecule has 6 heteroatoms. The zero-order chi connectivity index (χ0) is 18.4. The highest BCUT2D eigenvalue weighted by atomic mass is 35.5. The van der Waals surface area contributed by atoms with E-state index in [1.165, 1.54) is 11.6 Å². The molecule has 1 unspecified atom stereocenters. The molecule has 148 valence electrons. The van der Waals surface area contributed by atoms with Gasteiger partial charge in [0.2, 0.25) is 0 Å². The minimum absolute atomic E-state index is 0. The zero-order valence-corrected chi connectivity index (χ0v) is 16.5. The number of anilines is 1. The lowest BCUT2D eigenvalue weighted by molar-refractivity contribution is 0.0662. The van der Waals surface area contributed by atoms with Crippen molar-refractivity contribution in [2.75, 3.05) is 44.2 Å². The largest absolute Gasteiger partial charge is 0.491 e. The standard InChI is InChI=1S/C21H27FN2O2.ClH/c1-2-17-7-9-19(10-8-17)26-16-18(25)15-23-11-13-24(14-12-23)21-6-4-3-5-20(21)22;/h3-10,18,25H,2,11-16H2,1H3;1H. The van der Waals surface area contributed by atoms with Crippen molar-refractivity contribution in [3.8, 4) is 5.75 Å². The molecule has 2 aromatic rings. The molecule has 1 aliphatic heterocycles. The summed E-state index contributed by atoms with van der Waals surface area (Å²) >= 11 is 0. The van der Waals surface area contributed by atoms with Crippen LogP contribution in [0.2, 0.25) is 0 Å². The van der Waals surface area contributed by atoms with Crippen molar-refractivity contribution in [3.63, 3.8) is 0 Å². The molecule has 0 saturated carbocycles. The number of aliphatic hydroxyl groups is 1. The number of aliphatic hydroxyl groups excluding tert-OH is 1. The van der Waals surface area contributed by atoms with Crippen LogP contribution in [0, 0.1) is 5.82 Å². The fourth-order valence-corrected chi connectivity index (χ4v) is 3.24. The maximum absolute atomic E-state index is 13.9. The van der Waals surface area contributed by atoms with Crippen molar-refractivity contribution in [2.24, 2.45) is 0 Å². The Morgan fingerprint density at radius 1 is 1.04 bits per heavy atom. The Kier molecular flexibility index (Phi) is 8.35. The van der Waals surface area contributed by atoms with E-state index in [2.05, 4.69) is 16.7 Å². The van der Waals surface area contributed by atoms with Crippen LogP contribution in [-0.4, -0.2) is 55.4 Å². The van der Waals surface area contributed by atoms with Gasteiger partial charge >= 0.3 is 0 Å². The number of β-amino-alcohol motifs (C(OH)–C–C–N with tert-alkyl or cyclic N) is 1. The minimum Gasteiger partial charge on any atom is -0.491 e. The lowest BCUT2D eigenvalue weighted by Gasteiger charge is -2.36. The molecule has 0 amide bonds. The molecule has 0 aromatic heterocycles. The van der Waals surface area contributed by atoms with Crippen molar-refractivity contribution < 1.29 is 14.2 Å². The Balaban J connectivity index is 0.00000261. The van der Waals surface area contributed by atoms with Gasteiger partial charge in [0, 0.05) is 32.7 Å². The number of aryl methyl sites for hydroxylation is 1. The number of hydrogen-bond acceptors (Lipinski definition) is 4. The van der Waals surface area contributed by atoms with Crippen molar-refractivity contribution in [1.29, 1.82) is 0 Å². The van der Waals surface area contributed by atoms with Crippen molar-refractivity contribution in [1.82, 2.24) is 4.90 Å². The second-order valence-electron chi connectivity index (χ2n) is 6.70. The summed E-state index contributed by atoms with van der Waals surface area (Å²) in [6, 6.07) is 14.9. The summed E-state index contributed by atoms with van der Waals surface area (Å²) in [4.78, 5) is 4.26. The average molecular weight is 395 g/mol. The van der Waals surface area contributed by atoms with Gasteiger partial charge in [0.1, 0.15) is 24.3 Å². The van der Waals surface area contributed by atoms with Crippen molar-refractivity contribution in [3.05, 3.63) is 59.9 Å². The third-order valence-electron chi connectivity index (χ3n) is 4.81. The highest BCUT2D eigenvalue weighted by Gasteiger charge is 2.21. The van der Waals surface area contributed by atoms with E-state index in [4.69, 9.17) is 4.74 Å². The van der Waals surface area contributed by atoms with Crippen LogP contribution in [0.4, 0.5) is 10.1 Å². The van der Waals surface area contributed by atoms with Gasteiger partial charge in [-0.15, -0.1) is 12.4 Å². The Morgan fingerprint density at radius 3 is 2.33 bits per heavy atom. The topological polar surface area (TPSA) is 35.9 Å². The normalized spacial score (nSPS) is 15.9. The van der Waals surface area contributed by atoms with Gasteiger partial charge in [0.25, 0.3) is 0 Å². The number of hydrogen-bond donors (Lipinski definition) is 1. The van der Waals surface area contributed by atoms with Gasteiger partial charge in [-0.2, -0.15) is 0 Å². The maximum Gasteiger partial charge on any atom is 0.146 e. The van der Waals surface area contributed by atoms with E-state index in [-0.39, 0.29) is 24.8 Å². The van der Waals surface area contributed by atoms with Gasteiger partial charge in [-0.25, -0.2) is 4.39 Å². The smallest absolute Gasteiger partial charge is 0.146 e. The summed E-state index contributed by atoms with van der Waals surface area (Å²) < 4.78 is 19.6. The molecule has 1 heterocycles. The number of nitrogens with zero attached hydrogens (tertiary/aromatic N) is 2. The lowest BCUT2D eigenvalue weighted by atomic mass is 10.2. The molecule has 1 atom stereocenters. The van der Waals surface area contributed by atoms with Gasteiger partial charge in [0.05, 0.1) is 5.69 Å². The third-order valence-corrected chi connectivity index (χ3v) is 4.81. The van der Waals surface area contributed by atoms with E-state index in [0.29, 0.717) is 12.2 Å². The second-order valence-corrected chi connectivity index (χ2v) is 6.70. The first kappa shape index (κ1) is 21.5. The molecule has 0 bridgehead atoms. The van der Waals surface area contributed by atoms with Gasteiger partial charge in [0.15, 0.2) is 0 Å². The molecule has 1 fully saturated rings. The highest BCUT2D eigenvalue weighted by molar-refractivity contribution is 5.85. The first-order valence-electron chi connectivity index (χ1n) is 9.27. The Labute approximate surface area is 167 Å². The molecule has 0 radical (unpaired) electrons. The number of rotatable bonds is 7. The van der Waals surface area contributed by atoms with E-state index in [1.54, 1.807) is 6.07 Å². The molecular weight excluding hydrogens is 367 g/mol. The Bertz CT molecular complexity index is 691. The predicted molar refractivity (Wildman–Crippen MR) is 110 cm³/mol. The van der Waals surface area contributed by atoms with Crippen LogP contribution < -0.4 is 9.64 Å². The quantitative estimate of drug-likeness (QED) is 0.781. The van der Waals surface area contributed by atoms with Gasteiger partial charge in [-0.05, 0) is 36.2 Å². The minimum atomic E-state index is -0.541. The second kappa shape index (κ2) is 10.5. The van der Waals surface area contributed by atoms with Crippen LogP contribution in [0.1, 0.15) is 12.5 Å². The molecule has 1 aliphatic rings. The molecule has 2 aromatic carbocycles. The molecular formula is C21H28ClFN2O2. The summed E-state index contributed by atoms with van der Waals surface area (Å²) in [6.45, 7) is 6.08. The molecule has 0 spiro atoms. The van der Waals surface area contributed by atoms with E-state index >= 15 is 0 Å². The predicted octanol–water partition coefficient (Wildman–Crippen LogP) is 3.37. The lowest BCUT2D eigenvalue weighted by Crippen LogP contribution is -2.49.